The molecule has 1 aromatic heterocycles. The van der Waals surface area contributed by atoms with Crippen LogP contribution in [0.1, 0.15) is 37.0 Å². The van der Waals surface area contributed by atoms with E-state index >= 15 is 0 Å². The number of carboxylic acid groups (broad SMARTS) is 1. The molecule has 0 spiro atoms. The topological polar surface area (TPSA) is 74.0 Å². The summed E-state index contributed by atoms with van der Waals surface area (Å²) in [6.45, 7) is 2.77. The fourth-order valence-corrected chi connectivity index (χ4v) is 2.71. The number of likely N-dealkylation sites (tertiary alicyclic amines) is 1. The number of aliphatic carboxylic acids is 1. The molecular formula is C15H22N2O4. The zero-order valence-electron chi connectivity index (χ0n) is 12.5. The molecule has 2 rings (SSSR count). The molecule has 2 amide bonds. The third-order valence-corrected chi connectivity index (χ3v) is 3.98. The van der Waals surface area contributed by atoms with Gasteiger partial charge in [-0.05, 0) is 25.8 Å². The standard InChI is InChI=1S/C15H22N2O4/c1-11-12(7-9-21-11)10-16(2)15(20)17-8-5-3-4-6-13(17)14(18)19/h7,9,13H,3-6,8,10H2,1-2H3,(H,18,19). The van der Waals surface area contributed by atoms with Crippen LogP contribution in [0.5, 0.6) is 0 Å². The van der Waals surface area contributed by atoms with E-state index < -0.39 is 12.0 Å². The van der Waals surface area contributed by atoms with E-state index in [1.807, 2.05) is 13.0 Å². The minimum absolute atomic E-state index is 0.232. The Morgan fingerprint density at radius 1 is 1.43 bits per heavy atom. The molecule has 6 heteroatoms. The van der Waals surface area contributed by atoms with E-state index in [9.17, 15) is 14.7 Å². The molecule has 6 nitrogen and oxygen atoms in total. The second-order valence-corrected chi connectivity index (χ2v) is 5.54. The third kappa shape index (κ3) is 3.56. The molecule has 21 heavy (non-hydrogen) atoms. The minimum Gasteiger partial charge on any atom is -0.480 e. The molecule has 1 N–H and O–H groups in total. The summed E-state index contributed by atoms with van der Waals surface area (Å²) >= 11 is 0. The number of amides is 2. The van der Waals surface area contributed by atoms with Gasteiger partial charge in [0.1, 0.15) is 11.8 Å². The largest absolute Gasteiger partial charge is 0.480 e. The summed E-state index contributed by atoms with van der Waals surface area (Å²) in [6.07, 6.45) is 4.80. The van der Waals surface area contributed by atoms with Gasteiger partial charge in [-0.3, -0.25) is 0 Å². The lowest BCUT2D eigenvalue weighted by atomic mass is 10.1. The fraction of sp³-hybridized carbons (Fsp3) is 0.600. The van der Waals surface area contributed by atoms with Crippen molar-refractivity contribution in [1.82, 2.24) is 9.80 Å². The van der Waals surface area contributed by atoms with Crippen molar-refractivity contribution in [1.29, 1.82) is 0 Å². The average Bonchev–Trinajstić information content (AvgIpc) is 2.71. The first-order valence-electron chi connectivity index (χ1n) is 7.28. The first-order valence-corrected chi connectivity index (χ1v) is 7.28. The van der Waals surface area contributed by atoms with Gasteiger partial charge >= 0.3 is 12.0 Å². The molecule has 1 fully saturated rings. The summed E-state index contributed by atoms with van der Waals surface area (Å²) in [6, 6.07) is 0.883. The highest BCUT2D eigenvalue weighted by Crippen LogP contribution is 2.20. The summed E-state index contributed by atoms with van der Waals surface area (Å²) in [5, 5.41) is 9.34. The molecule has 1 aliphatic heterocycles. The van der Waals surface area contributed by atoms with E-state index in [-0.39, 0.29) is 6.03 Å². The summed E-state index contributed by atoms with van der Waals surface area (Å²) in [5.41, 5.74) is 0.938. The first-order chi connectivity index (χ1) is 10.0. The van der Waals surface area contributed by atoms with Gasteiger partial charge in [-0.15, -0.1) is 0 Å². The van der Waals surface area contributed by atoms with E-state index in [4.69, 9.17) is 4.42 Å². The van der Waals surface area contributed by atoms with Crippen LogP contribution < -0.4 is 0 Å². The molecule has 116 valence electrons. The van der Waals surface area contributed by atoms with Crippen LogP contribution in [-0.4, -0.2) is 46.5 Å². The molecule has 0 saturated carbocycles. The van der Waals surface area contributed by atoms with Gasteiger partial charge in [-0.2, -0.15) is 0 Å². The molecule has 0 aromatic carbocycles. The molecular weight excluding hydrogens is 272 g/mol. The maximum atomic E-state index is 12.6. The number of furan rings is 1. The average molecular weight is 294 g/mol. The van der Waals surface area contributed by atoms with Crippen LogP contribution in [0.15, 0.2) is 16.7 Å². The van der Waals surface area contributed by atoms with Crippen molar-refractivity contribution < 1.29 is 19.1 Å². The number of nitrogens with zero attached hydrogens (tertiary/aromatic N) is 2. The smallest absolute Gasteiger partial charge is 0.326 e. The number of hydrogen-bond donors (Lipinski definition) is 1. The Morgan fingerprint density at radius 2 is 2.19 bits per heavy atom. The maximum absolute atomic E-state index is 12.6. The van der Waals surface area contributed by atoms with E-state index in [2.05, 4.69) is 0 Å². The zero-order valence-corrected chi connectivity index (χ0v) is 12.5. The van der Waals surface area contributed by atoms with Crippen molar-refractivity contribution in [3.05, 3.63) is 23.7 Å². The van der Waals surface area contributed by atoms with E-state index in [1.165, 1.54) is 4.90 Å². The van der Waals surface area contributed by atoms with Gasteiger partial charge in [0.2, 0.25) is 0 Å². The van der Waals surface area contributed by atoms with Crippen molar-refractivity contribution in [3.8, 4) is 0 Å². The Balaban J connectivity index is 2.08. The Hall–Kier alpha value is -1.98. The Kier molecular flexibility index (Phi) is 4.88. The quantitative estimate of drug-likeness (QED) is 0.929. The van der Waals surface area contributed by atoms with Crippen molar-refractivity contribution in [2.75, 3.05) is 13.6 Å². The summed E-state index contributed by atoms with van der Waals surface area (Å²) in [7, 11) is 1.69. The number of hydrogen-bond acceptors (Lipinski definition) is 3. The van der Waals surface area contributed by atoms with Crippen LogP contribution in [0, 0.1) is 6.92 Å². The van der Waals surface area contributed by atoms with Crippen LogP contribution in [0.3, 0.4) is 0 Å². The van der Waals surface area contributed by atoms with Crippen molar-refractivity contribution in [2.45, 2.75) is 45.2 Å². The predicted octanol–water partition coefficient (Wildman–Crippen LogP) is 2.47. The van der Waals surface area contributed by atoms with Crippen molar-refractivity contribution in [2.24, 2.45) is 0 Å². The zero-order chi connectivity index (χ0) is 15.4. The van der Waals surface area contributed by atoms with Gasteiger partial charge in [0.15, 0.2) is 0 Å². The molecule has 1 saturated heterocycles. The van der Waals surface area contributed by atoms with Crippen LogP contribution >= 0.6 is 0 Å². The number of carboxylic acids is 1. The molecule has 1 aromatic rings. The Bertz CT molecular complexity index is 512. The normalized spacial score (nSPS) is 19.1. The molecule has 0 bridgehead atoms. The van der Waals surface area contributed by atoms with Crippen LogP contribution in [0.2, 0.25) is 0 Å². The second-order valence-electron chi connectivity index (χ2n) is 5.54. The van der Waals surface area contributed by atoms with Gasteiger partial charge in [0.25, 0.3) is 0 Å². The highest BCUT2D eigenvalue weighted by atomic mass is 16.4. The van der Waals surface area contributed by atoms with Gasteiger partial charge in [-0.25, -0.2) is 9.59 Å². The SMILES string of the molecule is Cc1occc1CN(C)C(=O)N1CCCCCC1C(=O)O. The minimum atomic E-state index is -0.918. The lowest BCUT2D eigenvalue weighted by molar-refractivity contribution is -0.142. The summed E-state index contributed by atoms with van der Waals surface area (Å²) < 4.78 is 5.22. The number of aryl methyl sites for hydroxylation is 1. The van der Waals surface area contributed by atoms with Gasteiger partial charge in [-0.1, -0.05) is 12.8 Å². The Labute approximate surface area is 124 Å². The molecule has 1 aliphatic rings. The highest BCUT2D eigenvalue weighted by Gasteiger charge is 2.32. The fourth-order valence-electron chi connectivity index (χ4n) is 2.71. The molecule has 0 aliphatic carbocycles. The highest BCUT2D eigenvalue weighted by molar-refractivity contribution is 5.82. The van der Waals surface area contributed by atoms with Crippen LogP contribution in [0.4, 0.5) is 4.79 Å². The van der Waals surface area contributed by atoms with Crippen LogP contribution in [-0.2, 0) is 11.3 Å². The lowest BCUT2D eigenvalue weighted by Crippen LogP contribution is -2.49. The van der Waals surface area contributed by atoms with Gasteiger partial charge < -0.3 is 19.3 Å². The number of carbonyl (C=O) groups is 2. The number of rotatable bonds is 3. The lowest BCUT2D eigenvalue weighted by Gasteiger charge is -2.31. The molecule has 2 heterocycles. The monoisotopic (exact) mass is 294 g/mol. The molecule has 0 radical (unpaired) electrons. The number of carbonyl (C=O) groups excluding carboxylic acids is 1. The van der Waals surface area contributed by atoms with E-state index in [0.717, 1.165) is 30.6 Å². The molecule has 1 unspecified atom stereocenters. The predicted molar refractivity (Wildman–Crippen MR) is 76.9 cm³/mol. The van der Waals surface area contributed by atoms with Crippen molar-refractivity contribution >= 4 is 12.0 Å². The third-order valence-electron chi connectivity index (χ3n) is 3.98. The van der Waals surface area contributed by atoms with Gasteiger partial charge in [0.05, 0.1) is 12.8 Å². The van der Waals surface area contributed by atoms with E-state index in [0.29, 0.717) is 19.5 Å². The maximum Gasteiger partial charge on any atom is 0.326 e. The van der Waals surface area contributed by atoms with Crippen LogP contribution in [0.25, 0.3) is 0 Å². The van der Waals surface area contributed by atoms with Gasteiger partial charge in [0, 0.05) is 19.2 Å². The van der Waals surface area contributed by atoms with E-state index in [1.54, 1.807) is 18.2 Å². The summed E-state index contributed by atoms with van der Waals surface area (Å²) in [4.78, 5) is 27.0. The van der Waals surface area contributed by atoms with Crippen molar-refractivity contribution in [3.63, 3.8) is 0 Å². The molecule has 1 atom stereocenters. The Morgan fingerprint density at radius 3 is 2.81 bits per heavy atom. The number of urea groups is 1. The second kappa shape index (κ2) is 6.65. The summed E-state index contributed by atoms with van der Waals surface area (Å²) in [5.74, 6) is -0.140. The first kappa shape index (κ1) is 15.4.